The lowest BCUT2D eigenvalue weighted by atomic mass is 9.96. The van der Waals surface area contributed by atoms with Crippen LogP contribution in [-0.4, -0.2) is 37.2 Å². The van der Waals surface area contributed by atoms with E-state index in [9.17, 15) is 32.3 Å². The van der Waals surface area contributed by atoms with Crippen LogP contribution in [-0.2, 0) is 30.7 Å². The summed E-state index contributed by atoms with van der Waals surface area (Å²) in [7, 11) is 1.21. The number of hydrogen-bond acceptors (Lipinski definition) is 5. The van der Waals surface area contributed by atoms with Gasteiger partial charge in [-0.3, -0.25) is 0 Å². The molecule has 47 heavy (non-hydrogen) atoms. The summed E-state index contributed by atoms with van der Waals surface area (Å²) in [5, 5.41) is 9.13. The number of carbonyl (C=O) groups excluding carboxylic acids is 1. The Kier molecular flexibility index (Phi) is 10.6. The molecule has 0 spiro atoms. The topological polar surface area (TPSA) is 70.1 Å². The first kappa shape index (κ1) is 34.1. The molecule has 0 radical (unpaired) electrons. The second-order valence-corrected chi connectivity index (χ2v) is 12.0. The fourth-order valence-corrected chi connectivity index (χ4v) is 6.46. The smallest absolute Gasteiger partial charge is 0.343 e. The number of carboxylic acid groups (broad SMARTS) is 1. The fourth-order valence-electron chi connectivity index (χ4n) is 6.01. The Morgan fingerprint density at radius 3 is 1.53 bits per heavy atom. The summed E-state index contributed by atoms with van der Waals surface area (Å²) in [6, 6.07) is 15.1. The molecule has 4 aromatic rings. The van der Waals surface area contributed by atoms with E-state index >= 15 is 0 Å². The summed E-state index contributed by atoms with van der Waals surface area (Å²) in [5.41, 5.74) is 3.59. The first-order valence-electron chi connectivity index (χ1n) is 14.8. The van der Waals surface area contributed by atoms with Crippen LogP contribution in [0.2, 0.25) is 10.0 Å². The van der Waals surface area contributed by atoms with E-state index in [2.05, 4.69) is 0 Å². The molecular formula is C35H30Cl2F4N2O4. The third-order valence-corrected chi connectivity index (χ3v) is 8.65. The predicted molar refractivity (Wildman–Crippen MR) is 173 cm³/mol. The van der Waals surface area contributed by atoms with Crippen LogP contribution in [0.5, 0.6) is 0 Å². The van der Waals surface area contributed by atoms with Crippen LogP contribution in [0.4, 0.5) is 28.9 Å². The van der Waals surface area contributed by atoms with Crippen LogP contribution in [0.1, 0.15) is 55.8 Å². The summed E-state index contributed by atoms with van der Waals surface area (Å²) in [4.78, 5) is 27.3. The van der Waals surface area contributed by atoms with Gasteiger partial charge in [0.1, 0.15) is 22.8 Å². The maximum Gasteiger partial charge on any atom is 0.343 e. The van der Waals surface area contributed by atoms with Gasteiger partial charge in [0.25, 0.3) is 0 Å². The molecular weight excluding hydrogens is 659 g/mol. The van der Waals surface area contributed by atoms with E-state index in [0.717, 1.165) is 35.1 Å². The number of nitrogens with zero attached hydrogens (tertiary/aromatic N) is 2. The maximum atomic E-state index is 14.5. The van der Waals surface area contributed by atoms with Crippen molar-refractivity contribution in [3.05, 3.63) is 127 Å². The first-order valence-corrected chi connectivity index (χ1v) is 15.6. The van der Waals surface area contributed by atoms with Gasteiger partial charge in [-0.05, 0) is 84.3 Å². The summed E-state index contributed by atoms with van der Waals surface area (Å²) in [6.07, 6.45) is 3.03. The third kappa shape index (κ3) is 7.49. The number of carboxylic acids is 1. The van der Waals surface area contributed by atoms with Crippen LogP contribution in [0.3, 0.4) is 0 Å². The molecule has 0 amide bonds. The van der Waals surface area contributed by atoms with E-state index in [-0.39, 0.29) is 27.2 Å². The van der Waals surface area contributed by atoms with Crippen LogP contribution in [0.15, 0.2) is 60.7 Å². The summed E-state index contributed by atoms with van der Waals surface area (Å²) in [5.74, 6) is -4.43. The Bertz CT molecular complexity index is 1800. The summed E-state index contributed by atoms with van der Waals surface area (Å²) < 4.78 is 59.5. The van der Waals surface area contributed by atoms with E-state index in [1.165, 1.54) is 37.4 Å². The number of anilines is 2. The number of aryl methyl sites for hydroxylation is 2. The predicted octanol–water partition coefficient (Wildman–Crippen LogP) is 8.63. The van der Waals surface area contributed by atoms with E-state index in [1.807, 2.05) is 9.80 Å². The number of esters is 1. The van der Waals surface area contributed by atoms with Crippen molar-refractivity contribution in [1.29, 1.82) is 0 Å². The van der Waals surface area contributed by atoms with Crippen molar-refractivity contribution < 1.29 is 37.0 Å². The van der Waals surface area contributed by atoms with E-state index in [1.54, 1.807) is 30.3 Å². The highest BCUT2D eigenvalue weighted by Gasteiger charge is 2.30. The molecule has 2 heterocycles. The Labute approximate surface area is 279 Å². The largest absolute Gasteiger partial charge is 0.478 e. The molecule has 6 nitrogen and oxygen atoms in total. The fraction of sp³-hybridized carbons (Fsp3) is 0.257. The normalized spacial score (nSPS) is 13.7. The zero-order valence-electron chi connectivity index (χ0n) is 25.3. The van der Waals surface area contributed by atoms with Crippen molar-refractivity contribution >= 4 is 46.5 Å². The molecule has 2 aliphatic rings. The van der Waals surface area contributed by atoms with Crippen LogP contribution >= 0.6 is 23.2 Å². The Morgan fingerprint density at radius 1 is 0.723 bits per heavy atom. The van der Waals surface area contributed by atoms with Gasteiger partial charge in [0.2, 0.25) is 0 Å². The zero-order valence-corrected chi connectivity index (χ0v) is 26.8. The van der Waals surface area contributed by atoms with Gasteiger partial charge in [0.15, 0.2) is 11.6 Å². The molecule has 0 bridgehead atoms. The van der Waals surface area contributed by atoms with Gasteiger partial charge in [-0.25, -0.2) is 27.2 Å². The monoisotopic (exact) mass is 688 g/mol. The number of hydrogen-bond donors (Lipinski definition) is 1. The highest BCUT2D eigenvalue weighted by Crippen LogP contribution is 2.39. The molecule has 0 saturated heterocycles. The van der Waals surface area contributed by atoms with E-state index in [0.29, 0.717) is 50.4 Å². The molecule has 1 N–H and O–H groups in total. The van der Waals surface area contributed by atoms with Crippen molar-refractivity contribution in [2.45, 2.75) is 38.8 Å². The highest BCUT2D eigenvalue weighted by atomic mass is 35.5. The minimum atomic E-state index is -1.34. The van der Waals surface area contributed by atoms with Gasteiger partial charge in [-0.1, -0.05) is 47.5 Å². The van der Waals surface area contributed by atoms with Gasteiger partial charge >= 0.3 is 11.9 Å². The Hall–Kier alpha value is -4.28. The van der Waals surface area contributed by atoms with Crippen molar-refractivity contribution in [2.24, 2.45) is 0 Å². The number of halogens is 6. The van der Waals surface area contributed by atoms with Gasteiger partial charge in [-0.15, -0.1) is 0 Å². The number of aromatic carboxylic acids is 1. The molecule has 0 unspecified atom stereocenters. The number of methoxy groups -OCH3 is 1. The minimum absolute atomic E-state index is 0.0854. The number of carbonyl (C=O) groups is 2. The van der Waals surface area contributed by atoms with Gasteiger partial charge in [0.05, 0.1) is 28.5 Å². The molecule has 12 heteroatoms. The lowest BCUT2D eigenvalue weighted by Crippen LogP contribution is -2.31. The molecule has 0 fully saturated rings. The summed E-state index contributed by atoms with van der Waals surface area (Å²) >= 11 is 11.8. The molecule has 4 aromatic carbocycles. The average Bonchev–Trinajstić information content (AvgIpc) is 3.05. The Balaban J connectivity index is 0.000000185. The van der Waals surface area contributed by atoms with Crippen molar-refractivity contribution in [1.82, 2.24) is 0 Å². The SMILES string of the molecule is COC(=O)c1c(F)c(Cl)cc2c1N(Cc1ccc(F)cc1)CCC2.O=C(O)c1c(F)c(Cl)cc2c1N(Cc1ccc(F)cc1)CCC2. The van der Waals surface area contributed by atoms with Crippen LogP contribution in [0, 0.1) is 23.3 Å². The second-order valence-electron chi connectivity index (χ2n) is 11.2. The van der Waals surface area contributed by atoms with Gasteiger partial charge in [0, 0.05) is 26.2 Å². The molecule has 0 aliphatic carbocycles. The number of benzene rings is 4. The van der Waals surface area contributed by atoms with E-state index < -0.39 is 29.1 Å². The van der Waals surface area contributed by atoms with Crippen LogP contribution in [0.25, 0.3) is 0 Å². The Morgan fingerprint density at radius 2 is 1.13 bits per heavy atom. The first-order chi connectivity index (χ1) is 22.5. The maximum absolute atomic E-state index is 14.5. The highest BCUT2D eigenvalue weighted by molar-refractivity contribution is 6.31. The van der Waals surface area contributed by atoms with E-state index in [4.69, 9.17) is 27.9 Å². The molecule has 0 atom stereocenters. The van der Waals surface area contributed by atoms with Gasteiger partial charge < -0.3 is 19.6 Å². The van der Waals surface area contributed by atoms with Crippen molar-refractivity contribution in [3.8, 4) is 0 Å². The zero-order chi connectivity index (χ0) is 33.8. The molecule has 2 aliphatic heterocycles. The number of fused-ring (bicyclic) bond motifs is 2. The molecule has 246 valence electrons. The number of rotatable bonds is 6. The number of ether oxygens (including phenoxy) is 1. The third-order valence-electron chi connectivity index (χ3n) is 8.10. The van der Waals surface area contributed by atoms with Crippen molar-refractivity contribution in [2.75, 3.05) is 30.0 Å². The quantitative estimate of drug-likeness (QED) is 0.162. The van der Waals surface area contributed by atoms with Crippen LogP contribution < -0.4 is 9.80 Å². The standard InChI is InChI=1S/C18H16ClF2NO2.C17H14ClF2NO2/c1-24-18(23)15-16(21)14(19)9-12-3-2-8-22(17(12)15)10-11-4-6-13(20)7-5-11;18-13-8-11-2-1-7-21(9-10-3-5-12(19)6-4-10)16(11)14(15(13)20)17(22)23/h4-7,9H,2-3,8,10H2,1H3;3-6,8H,1-2,7,9H2,(H,22,23). The average molecular weight is 690 g/mol. The molecule has 0 saturated carbocycles. The summed E-state index contributed by atoms with van der Waals surface area (Å²) in [6.45, 7) is 2.09. The molecule has 6 rings (SSSR count). The minimum Gasteiger partial charge on any atom is -0.478 e. The lowest BCUT2D eigenvalue weighted by molar-refractivity contribution is 0.0595. The lowest BCUT2D eigenvalue weighted by Gasteiger charge is -2.33. The van der Waals surface area contributed by atoms with Gasteiger partial charge in [-0.2, -0.15) is 0 Å². The van der Waals surface area contributed by atoms with Crippen molar-refractivity contribution in [3.63, 3.8) is 0 Å². The second kappa shape index (κ2) is 14.6. The molecule has 0 aromatic heterocycles.